The van der Waals surface area contributed by atoms with E-state index in [-0.39, 0.29) is 6.04 Å². The molecule has 1 saturated heterocycles. The van der Waals surface area contributed by atoms with Crippen LogP contribution in [0.2, 0.25) is 0 Å². The lowest BCUT2D eigenvalue weighted by Gasteiger charge is -2.34. The van der Waals surface area contributed by atoms with Gasteiger partial charge in [0.25, 0.3) is 0 Å². The predicted octanol–water partition coefficient (Wildman–Crippen LogP) is 1.09. The predicted molar refractivity (Wildman–Crippen MR) is 46.0 cm³/mol. The van der Waals surface area contributed by atoms with Crippen molar-refractivity contribution in [3.8, 4) is 0 Å². The summed E-state index contributed by atoms with van der Waals surface area (Å²) in [6.45, 7) is 5.09. The Morgan fingerprint density at radius 3 is 2.31 bits per heavy atom. The number of nitrogens with zero attached hydrogens (tertiary/aromatic N) is 1. The fraction of sp³-hybridized carbons (Fsp3) is 0.889. The topological polar surface area (TPSA) is 49.8 Å². The molecule has 4 heteroatoms. The highest BCUT2D eigenvalue weighted by Gasteiger charge is 2.60. The summed E-state index contributed by atoms with van der Waals surface area (Å²) >= 11 is 0. The fourth-order valence-corrected chi connectivity index (χ4v) is 1.67. The number of amides is 1. The minimum Gasteiger partial charge on any atom is -0.438 e. The van der Waals surface area contributed by atoms with E-state index in [2.05, 4.69) is 0 Å². The van der Waals surface area contributed by atoms with Crippen LogP contribution in [-0.4, -0.2) is 33.5 Å². The third kappa shape index (κ3) is 1.05. The SMILES string of the molecule is CC1(C)OC(=O)N(C2CC2)[C@]1(C)O. The molecule has 2 aliphatic rings. The standard InChI is InChI=1S/C9H15NO3/c1-8(2)9(3,12)10(6-4-5-6)7(11)13-8/h6,12H,4-5H2,1-3H3/t9-/m1/s1. The van der Waals surface area contributed by atoms with E-state index in [9.17, 15) is 9.90 Å². The van der Waals surface area contributed by atoms with Gasteiger partial charge in [0, 0.05) is 6.04 Å². The molecule has 0 aromatic heterocycles. The first-order valence-electron chi connectivity index (χ1n) is 4.61. The Bertz CT molecular complexity index is 256. The average molecular weight is 185 g/mol. The summed E-state index contributed by atoms with van der Waals surface area (Å²) in [5, 5.41) is 10.1. The molecule has 0 radical (unpaired) electrons. The average Bonchev–Trinajstić information content (AvgIpc) is 2.65. The Labute approximate surface area is 77.5 Å². The molecular formula is C9H15NO3. The van der Waals surface area contributed by atoms with Crippen LogP contribution >= 0.6 is 0 Å². The van der Waals surface area contributed by atoms with Gasteiger partial charge in [0.05, 0.1) is 0 Å². The summed E-state index contributed by atoms with van der Waals surface area (Å²) < 4.78 is 5.11. The third-order valence-electron chi connectivity index (χ3n) is 3.06. The molecule has 1 aliphatic heterocycles. The summed E-state index contributed by atoms with van der Waals surface area (Å²) in [5.41, 5.74) is -1.99. The van der Waals surface area contributed by atoms with E-state index in [1.165, 1.54) is 4.90 Å². The maximum Gasteiger partial charge on any atom is 0.413 e. The first-order chi connectivity index (χ1) is 5.86. The first-order valence-corrected chi connectivity index (χ1v) is 4.61. The van der Waals surface area contributed by atoms with Gasteiger partial charge in [-0.3, -0.25) is 4.90 Å². The minimum absolute atomic E-state index is 0.185. The second kappa shape index (κ2) is 2.18. The molecule has 1 heterocycles. The van der Waals surface area contributed by atoms with E-state index < -0.39 is 17.4 Å². The quantitative estimate of drug-likeness (QED) is 0.665. The summed E-state index contributed by atoms with van der Waals surface area (Å²) in [4.78, 5) is 12.9. The van der Waals surface area contributed by atoms with Crippen LogP contribution in [0.15, 0.2) is 0 Å². The van der Waals surface area contributed by atoms with Crippen molar-refractivity contribution in [1.29, 1.82) is 0 Å². The van der Waals surface area contributed by atoms with Crippen LogP contribution in [0.5, 0.6) is 0 Å². The molecule has 1 atom stereocenters. The third-order valence-corrected chi connectivity index (χ3v) is 3.06. The van der Waals surface area contributed by atoms with Crippen LogP contribution in [0.3, 0.4) is 0 Å². The molecule has 0 unspecified atom stereocenters. The largest absolute Gasteiger partial charge is 0.438 e. The second-order valence-corrected chi connectivity index (χ2v) is 4.50. The van der Waals surface area contributed by atoms with Gasteiger partial charge in [-0.05, 0) is 33.6 Å². The van der Waals surface area contributed by atoms with Gasteiger partial charge in [0.1, 0.15) is 0 Å². The molecule has 1 saturated carbocycles. The number of ether oxygens (including phenoxy) is 1. The molecule has 0 bridgehead atoms. The van der Waals surface area contributed by atoms with Gasteiger partial charge in [0.15, 0.2) is 11.3 Å². The van der Waals surface area contributed by atoms with Crippen LogP contribution in [-0.2, 0) is 4.74 Å². The molecule has 0 aromatic carbocycles. The molecule has 1 aliphatic carbocycles. The zero-order chi connectivity index (χ0) is 9.85. The number of hydrogen-bond acceptors (Lipinski definition) is 3. The van der Waals surface area contributed by atoms with Gasteiger partial charge < -0.3 is 9.84 Å². The van der Waals surface area contributed by atoms with Crippen molar-refractivity contribution >= 4 is 6.09 Å². The summed E-state index contributed by atoms with van der Waals surface area (Å²) in [7, 11) is 0. The van der Waals surface area contributed by atoms with E-state index in [1.54, 1.807) is 20.8 Å². The Hall–Kier alpha value is -0.770. The van der Waals surface area contributed by atoms with E-state index in [0.717, 1.165) is 12.8 Å². The Balaban J connectivity index is 2.32. The van der Waals surface area contributed by atoms with Crippen molar-refractivity contribution in [1.82, 2.24) is 4.90 Å². The lowest BCUT2D eigenvalue weighted by Crippen LogP contribution is -2.54. The van der Waals surface area contributed by atoms with Crippen LogP contribution in [0, 0.1) is 0 Å². The van der Waals surface area contributed by atoms with Crippen LogP contribution in [0.1, 0.15) is 33.6 Å². The van der Waals surface area contributed by atoms with Gasteiger partial charge in [-0.2, -0.15) is 0 Å². The molecule has 4 nitrogen and oxygen atoms in total. The molecule has 2 fully saturated rings. The van der Waals surface area contributed by atoms with Crippen molar-refractivity contribution in [3.63, 3.8) is 0 Å². The van der Waals surface area contributed by atoms with E-state index >= 15 is 0 Å². The normalized spacial score (nSPS) is 37.8. The molecule has 74 valence electrons. The Morgan fingerprint density at radius 2 is 2.00 bits per heavy atom. The lowest BCUT2D eigenvalue weighted by molar-refractivity contribution is -0.129. The molecule has 2 rings (SSSR count). The van der Waals surface area contributed by atoms with Crippen molar-refractivity contribution in [2.24, 2.45) is 0 Å². The molecule has 0 aromatic rings. The number of aliphatic hydroxyl groups is 1. The summed E-state index contributed by atoms with van der Waals surface area (Å²) in [6, 6.07) is 0.185. The van der Waals surface area contributed by atoms with Gasteiger partial charge >= 0.3 is 6.09 Å². The molecular weight excluding hydrogens is 170 g/mol. The number of rotatable bonds is 1. The van der Waals surface area contributed by atoms with Crippen LogP contribution in [0.4, 0.5) is 4.79 Å². The highest BCUT2D eigenvalue weighted by Crippen LogP contribution is 2.43. The van der Waals surface area contributed by atoms with Crippen molar-refractivity contribution in [2.45, 2.75) is 51.0 Å². The second-order valence-electron chi connectivity index (χ2n) is 4.50. The molecule has 0 spiro atoms. The Kier molecular flexibility index (Phi) is 1.48. The van der Waals surface area contributed by atoms with Gasteiger partial charge in [-0.25, -0.2) is 4.79 Å². The molecule has 1 amide bonds. The van der Waals surface area contributed by atoms with Crippen LogP contribution in [0.25, 0.3) is 0 Å². The number of carbonyl (C=O) groups excluding carboxylic acids is 1. The van der Waals surface area contributed by atoms with Crippen molar-refractivity contribution < 1.29 is 14.6 Å². The smallest absolute Gasteiger partial charge is 0.413 e. The van der Waals surface area contributed by atoms with Crippen molar-refractivity contribution in [2.75, 3.05) is 0 Å². The number of carbonyl (C=O) groups is 1. The number of cyclic esters (lactones) is 1. The minimum atomic E-state index is -1.18. The highest BCUT2D eigenvalue weighted by atomic mass is 16.6. The van der Waals surface area contributed by atoms with E-state index in [0.29, 0.717) is 0 Å². The maximum atomic E-state index is 11.4. The summed E-state index contributed by atoms with van der Waals surface area (Å²) in [5.74, 6) is 0. The van der Waals surface area contributed by atoms with Crippen molar-refractivity contribution in [3.05, 3.63) is 0 Å². The summed E-state index contributed by atoms with van der Waals surface area (Å²) in [6.07, 6.45) is 1.56. The first kappa shape index (κ1) is 8.81. The lowest BCUT2D eigenvalue weighted by atomic mass is 9.96. The highest BCUT2D eigenvalue weighted by molar-refractivity contribution is 5.73. The fourth-order valence-electron chi connectivity index (χ4n) is 1.67. The van der Waals surface area contributed by atoms with Gasteiger partial charge in [-0.15, -0.1) is 0 Å². The zero-order valence-electron chi connectivity index (χ0n) is 8.20. The Morgan fingerprint density at radius 1 is 1.46 bits per heavy atom. The van der Waals surface area contributed by atoms with Gasteiger partial charge in [-0.1, -0.05) is 0 Å². The van der Waals surface area contributed by atoms with E-state index in [1.807, 2.05) is 0 Å². The molecule has 13 heavy (non-hydrogen) atoms. The van der Waals surface area contributed by atoms with Gasteiger partial charge in [0.2, 0.25) is 0 Å². The number of hydrogen-bond donors (Lipinski definition) is 1. The maximum absolute atomic E-state index is 11.4. The van der Waals surface area contributed by atoms with Crippen LogP contribution < -0.4 is 0 Å². The monoisotopic (exact) mass is 185 g/mol. The van der Waals surface area contributed by atoms with E-state index in [4.69, 9.17) is 4.74 Å². The molecule has 1 N–H and O–H groups in total. The zero-order valence-corrected chi connectivity index (χ0v) is 8.20.